The molecule has 0 spiro atoms. The molecule has 0 radical (unpaired) electrons. The van der Waals surface area contributed by atoms with Crippen molar-refractivity contribution in [2.24, 2.45) is 0 Å². The number of halogens is 3. The van der Waals surface area contributed by atoms with Gasteiger partial charge in [0.2, 0.25) is 0 Å². The van der Waals surface area contributed by atoms with Crippen LogP contribution in [0, 0.1) is 18.6 Å². The van der Waals surface area contributed by atoms with Gasteiger partial charge in [-0.1, -0.05) is 30.7 Å². The van der Waals surface area contributed by atoms with Crippen molar-refractivity contribution in [2.45, 2.75) is 26.3 Å². The average Bonchev–Trinajstić information content (AvgIpc) is 2.47. The lowest BCUT2D eigenvalue weighted by atomic mass is 9.94. The second-order valence-corrected chi connectivity index (χ2v) is 5.41. The van der Waals surface area contributed by atoms with Gasteiger partial charge in [0.1, 0.15) is 11.6 Å². The monoisotopic (exact) mass is 309 g/mol. The minimum atomic E-state index is -0.450. The molecule has 0 saturated heterocycles. The van der Waals surface area contributed by atoms with Crippen LogP contribution in [0.3, 0.4) is 0 Å². The van der Waals surface area contributed by atoms with Gasteiger partial charge in [-0.25, -0.2) is 8.78 Å². The minimum absolute atomic E-state index is 0.300. The highest BCUT2D eigenvalue weighted by Gasteiger charge is 2.20. The highest BCUT2D eigenvalue weighted by atomic mass is 35.5. The van der Waals surface area contributed by atoms with Gasteiger partial charge >= 0.3 is 0 Å². The standard InChI is InChI=1S/C17H18ClF2N/c1-3-9-21-17(13-5-4-6-15(18)11(13)2)14-10-12(19)7-8-16(14)20/h4-8,10,17,21H,3,9H2,1-2H3. The second kappa shape index (κ2) is 7.01. The molecule has 2 aromatic carbocycles. The summed E-state index contributed by atoms with van der Waals surface area (Å²) in [5.41, 5.74) is 2.03. The third kappa shape index (κ3) is 3.60. The van der Waals surface area contributed by atoms with Crippen LogP contribution in [0.5, 0.6) is 0 Å². The molecule has 2 aromatic rings. The molecule has 0 fully saturated rings. The summed E-state index contributed by atoms with van der Waals surface area (Å²) in [6.07, 6.45) is 0.896. The highest BCUT2D eigenvalue weighted by molar-refractivity contribution is 6.31. The van der Waals surface area contributed by atoms with Gasteiger partial charge in [0.05, 0.1) is 6.04 Å². The van der Waals surface area contributed by atoms with Crippen molar-refractivity contribution in [2.75, 3.05) is 6.54 Å². The van der Waals surface area contributed by atoms with Gasteiger partial charge in [0, 0.05) is 10.6 Å². The Morgan fingerprint density at radius 3 is 2.62 bits per heavy atom. The van der Waals surface area contributed by atoms with Crippen molar-refractivity contribution in [3.8, 4) is 0 Å². The van der Waals surface area contributed by atoms with Crippen LogP contribution >= 0.6 is 11.6 Å². The molecule has 0 amide bonds. The SMILES string of the molecule is CCCNC(c1cc(F)ccc1F)c1cccc(Cl)c1C. The van der Waals surface area contributed by atoms with Gasteiger partial charge in [-0.2, -0.15) is 0 Å². The van der Waals surface area contributed by atoms with Crippen molar-refractivity contribution in [1.29, 1.82) is 0 Å². The van der Waals surface area contributed by atoms with Crippen LogP contribution in [0.25, 0.3) is 0 Å². The van der Waals surface area contributed by atoms with Crippen molar-refractivity contribution >= 4 is 11.6 Å². The molecule has 0 heterocycles. The Morgan fingerprint density at radius 2 is 1.90 bits per heavy atom. The zero-order valence-corrected chi connectivity index (χ0v) is 12.8. The molecule has 1 atom stereocenters. The molecule has 1 nitrogen and oxygen atoms in total. The number of hydrogen-bond acceptors (Lipinski definition) is 1. The summed E-state index contributed by atoms with van der Waals surface area (Å²) in [6.45, 7) is 4.61. The van der Waals surface area contributed by atoms with Gasteiger partial charge in [-0.05, 0) is 55.3 Å². The molecular weight excluding hydrogens is 292 g/mol. The molecule has 2 rings (SSSR count). The Labute approximate surface area is 128 Å². The van der Waals surface area contributed by atoms with Gasteiger partial charge in [-0.15, -0.1) is 0 Å². The first-order valence-electron chi connectivity index (χ1n) is 6.98. The Kier molecular flexibility index (Phi) is 5.32. The van der Waals surface area contributed by atoms with Crippen molar-refractivity contribution in [3.63, 3.8) is 0 Å². The maximum absolute atomic E-state index is 14.1. The molecule has 0 aliphatic carbocycles. The van der Waals surface area contributed by atoms with Crippen molar-refractivity contribution in [1.82, 2.24) is 5.32 Å². The molecule has 21 heavy (non-hydrogen) atoms. The Hall–Kier alpha value is -1.45. The number of benzene rings is 2. The molecule has 0 bridgehead atoms. The molecular formula is C17H18ClF2N. The van der Waals surface area contributed by atoms with E-state index in [9.17, 15) is 8.78 Å². The van der Waals surface area contributed by atoms with E-state index in [4.69, 9.17) is 11.6 Å². The Balaban J connectivity index is 2.52. The molecule has 0 aliphatic heterocycles. The average molecular weight is 310 g/mol. The van der Waals surface area contributed by atoms with Crippen molar-refractivity contribution in [3.05, 3.63) is 69.7 Å². The van der Waals surface area contributed by atoms with Gasteiger partial charge in [0.15, 0.2) is 0 Å². The lowest BCUT2D eigenvalue weighted by Gasteiger charge is -2.22. The summed E-state index contributed by atoms with van der Waals surface area (Å²) in [5.74, 6) is -0.876. The summed E-state index contributed by atoms with van der Waals surface area (Å²) in [7, 11) is 0. The summed E-state index contributed by atoms with van der Waals surface area (Å²) < 4.78 is 27.6. The van der Waals surface area contributed by atoms with E-state index < -0.39 is 17.7 Å². The Bertz CT molecular complexity index is 626. The van der Waals surface area contributed by atoms with Gasteiger partial charge < -0.3 is 5.32 Å². The topological polar surface area (TPSA) is 12.0 Å². The molecule has 0 saturated carbocycles. The summed E-state index contributed by atoms with van der Waals surface area (Å²) in [6, 6.07) is 8.61. The lowest BCUT2D eigenvalue weighted by Crippen LogP contribution is -2.25. The maximum atomic E-state index is 14.1. The summed E-state index contributed by atoms with van der Waals surface area (Å²) >= 11 is 6.15. The van der Waals surface area contributed by atoms with Crippen molar-refractivity contribution < 1.29 is 8.78 Å². The maximum Gasteiger partial charge on any atom is 0.128 e. The van der Waals surface area contributed by atoms with Crippen LogP contribution < -0.4 is 5.32 Å². The summed E-state index contributed by atoms with van der Waals surface area (Å²) in [4.78, 5) is 0. The van der Waals surface area contributed by atoms with Crippen LogP contribution in [-0.4, -0.2) is 6.54 Å². The van der Waals surface area contributed by atoms with Crippen LogP contribution in [0.4, 0.5) is 8.78 Å². The van der Waals surface area contributed by atoms with E-state index in [2.05, 4.69) is 5.32 Å². The molecule has 0 aromatic heterocycles. The second-order valence-electron chi connectivity index (χ2n) is 5.01. The molecule has 112 valence electrons. The lowest BCUT2D eigenvalue weighted by molar-refractivity contribution is 0.534. The van der Waals surface area contributed by atoms with E-state index in [0.717, 1.165) is 29.7 Å². The quantitative estimate of drug-likeness (QED) is 0.818. The fourth-order valence-electron chi connectivity index (χ4n) is 2.35. The van der Waals surface area contributed by atoms with Crippen LogP contribution in [0.2, 0.25) is 5.02 Å². The van der Waals surface area contributed by atoms with E-state index in [-0.39, 0.29) is 0 Å². The zero-order valence-electron chi connectivity index (χ0n) is 12.1. The van der Waals surface area contributed by atoms with Gasteiger partial charge in [0.25, 0.3) is 0 Å². The Morgan fingerprint density at radius 1 is 1.14 bits per heavy atom. The first-order chi connectivity index (χ1) is 10.0. The fourth-order valence-corrected chi connectivity index (χ4v) is 2.53. The number of nitrogens with one attached hydrogen (secondary N) is 1. The first-order valence-corrected chi connectivity index (χ1v) is 7.35. The smallest absolute Gasteiger partial charge is 0.128 e. The largest absolute Gasteiger partial charge is 0.306 e. The van der Waals surface area contributed by atoms with Crippen LogP contribution in [-0.2, 0) is 0 Å². The summed E-state index contributed by atoms with van der Waals surface area (Å²) in [5, 5.41) is 3.89. The van der Waals surface area contributed by atoms with E-state index in [1.165, 1.54) is 6.07 Å². The first kappa shape index (κ1) is 15.9. The predicted molar refractivity (Wildman–Crippen MR) is 82.7 cm³/mol. The van der Waals surface area contributed by atoms with Crippen LogP contribution in [0.15, 0.2) is 36.4 Å². The number of hydrogen-bond donors (Lipinski definition) is 1. The van der Waals surface area contributed by atoms with E-state index in [1.807, 2.05) is 26.0 Å². The van der Waals surface area contributed by atoms with E-state index in [0.29, 0.717) is 17.1 Å². The third-order valence-electron chi connectivity index (χ3n) is 3.49. The predicted octanol–water partition coefficient (Wildman–Crippen LogP) is 5.02. The fraction of sp³-hybridized carbons (Fsp3) is 0.294. The third-order valence-corrected chi connectivity index (χ3v) is 3.90. The molecule has 0 aliphatic rings. The molecule has 1 N–H and O–H groups in total. The van der Waals surface area contributed by atoms with E-state index >= 15 is 0 Å². The zero-order chi connectivity index (χ0) is 15.4. The molecule has 4 heteroatoms. The molecule has 1 unspecified atom stereocenters. The number of rotatable bonds is 5. The minimum Gasteiger partial charge on any atom is -0.306 e. The highest BCUT2D eigenvalue weighted by Crippen LogP contribution is 2.30. The van der Waals surface area contributed by atoms with Crippen LogP contribution in [0.1, 0.15) is 36.1 Å². The van der Waals surface area contributed by atoms with E-state index in [1.54, 1.807) is 6.07 Å². The normalized spacial score (nSPS) is 12.4. The van der Waals surface area contributed by atoms with Gasteiger partial charge in [-0.3, -0.25) is 0 Å².